The van der Waals surface area contributed by atoms with Crippen LogP contribution < -0.4 is 10.6 Å². The molecule has 3 aromatic rings. The predicted octanol–water partition coefficient (Wildman–Crippen LogP) is 5.29. The third-order valence-electron chi connectivity index (χ3n) is 5.01. The van der Waals surface area contributed by atoms with E-state index in [0.717, 1.165) is 5.56 Å². The molecule has 2 amide bonds. The Morgan fingerprint density at radius 3 is 2.48 bits per heavy atom. The maximum absolute atomic E-state index is 12.8. The van der Waals surface area contributed by atoms with Crippen LogP contribution in [0.5, 0.6) is 0 Å². The minimum Gasteiger partial charge on any atom is -0.342 e. The first-order valence-electron chi connectivity index (χ1n) is 10.3. The predicted molar refractivity (Wildman–Crippen MR) is 133 cm³/mol. The van der Waals surface area contributed by atoms with Gasteiger partial charge in [-0.3, -0.25) is 9.59 Å². The molecule has 0 fully saturated rings. The van der Waals surface area contributed by atoms with Crippen molar-refractivity contribution in [2.45, 2.75) is 32.0 Å². The number of halogens is 2. The average molecular weight is 506 g/mol. The van der Waals surface area contributed by atoms with E-state index in [2.05, 4.69) is 20.8 Å². The number of amides is 2. The van der Waals surface area contributed by atoms with Gasteiger partial charge in [-0.2, -0.15) is 0 Å². The van der Waals surface area contributed by atoms with Gasteiger partial charge in [0, 0.05) is 17.8 Å². The summed E-state index contributed by atoms with van der Waals surface area (Å²) < 4.78 is 1.79. The van der Waals surface area contributed by atoms with Crippen LogP contribution in [0.2, 0.25) is 10.0 Å². The molecule has 10 heteroatoms. The van der Waals surface area contributed by atoms with Gasteiger partial charge in [-0.25, -0.2) is 0 Å². The Morgan fingerprint density at radius 2 is 1.82 bits per heavy atom. The van der Waals surface area contributed by atoms with Gasteiger partial charge in [0.05, 0.1) is 22.4 Å². The van der Waals surface area contributed by atoms with E-state index in [1.807, 2.05) is 33.9 Å². The molecule has 1 heterocycles. The van der Waals surface area contributed by atoms with Crippen LogP contribution in [-0.2, 0) is 11.8 Å². The molecule has 1 atom stereocenters. The molecule has 0 aliphatic rings. The quantitative estimate of drug-likeness (QED) is 0.406. The van der Waals surface area contributed by atoms with Gasteiger partial charge in [0.2, 0.25) is 5.91 Å². The Balaban J connectivity index is 1.67. The molecular formula is C23H25Cl2N5O2S. The summed E-state index contributed by atoms with van der Waals surface area (Å²) in [7, 11) is 1.81. The molecule has 33 heavy (non-hydrogen) atoms. The molecule has 1 aromatic heterocycles. The summed E-state index contributed by atoms with van der Waals surface area (Å²) in [6, 6.07) is 11.9. The Labute approximate surface area is 207 Å². The second-order valence-electron chi connectivity index (χ2n) is 7.88. The summed E-state index contributed by atoms with van der Waals surface area (Å²) in [6.07, 6.45) is 0. The number of hydrogen-bond donors (Lipinski definition) is 2. The number of aromatic nitrogens is 3. The Hall–Kier alpha value is -2.55. The molecule has 7 nitrogen and oxygen atoms in total. The first kappa shape index (κ1) is 25.1. The molecule has 0 radical (unpaired) electrons. The number of anilines is 1. The van der Waals surface area contributed by atoms with Crippen molar-refractivity contribution >= 4 is 52.5 Å². The molecule has 0 aliphatic carbocycles. The Bertz CT molecular complexity index is 1170. The van der Waals surface area contributed by atoms with Crippen LogP contribution in [-0.4, -0.2) is 32.3 Å². The maximum atomic E-state index is 12.8. The lowest BCUT2D eigenvalue weighted by atomic mass is 10.0. The van der Waals surface area contributed by atoms with Crippen LogP contribution in [0.4, 0.5) is 5.69 Å². The molecule has 0 unspecified atom stereocenters. The van der Waals surface area contributed by atoms with Gasteiger partial charge in [0.1, 0.15) is 0 Å². The van der Waals surface area contributed by atoms with E-state index in [4.69, 9.17) is 23.2 Å². The van der Waals surface area contributed by atoms with E-state index in [1.165, 1.54) is 11.8 Å². The molecule has 3 rings (SSSR count). The van der Waals surface area contributed by atoms with Gasteiger partial charge < -0.3 is 15.2 Å². The van der Waals surface area contributed by atoms with Crippen molar-refractivity contribution in [3.63, 3.8) is 0 Å². The molecule has 0 spiro atoms. The molecule has 0 bridgehead atoms. The molecule has 2 aromatic carbocycles. The van der Waals surface area contributed by atoms with Gasteiger partial charge >= 0.3 is 0 Å². The normalized spacial score (nSPS) is 12.0. The number of hydrogen-bond acceptors (Lipinski definition) is 5. The molecule has 0 saturated carbocycles. The van der Waals surface area contributed by atoms with Crippen molar-refractivity contribution in [3.8, 4) is 0 Å². The fourth-order valence-corrected chi connectivity index (χ4v) is 4.23. The number of benzene rings is 2. The summed E-state index contributed by atoms with van der Waals surface area (Å²) in [5.74, 6) is 0.324. The number of rotatable bonds is 8. The van der Waals surface area contributed by atoms with E-state index >= 15 is 0 Å². The second-order valence-corrected chi connectivity index (χ2v) is 9.63. The first-order valence-corrected chi connectivity index (χ1v) is 12.0. The zero-order valence-corrected chi connectivity index (χ0v) is 21.1. The van der Waals surface area contributed by atoms with Gasteiger partial charge in [-0.1, -0.05) is 67.0 Å². The average Bonchev–Trinajstić information content (AvgIpc) is 3.13. The highest BCUT2D eigenvalue weighted by Crippen LogP contribution is 2.26. The lowest BCUT2D eigenvalue weighted by molar-refractivity contribution is -0.113. The van der Waals surface area contributed by atoms with Gasteiger partial charge in [0.25, 0.3) is 5.91 Å². The fraction of sp³-hybridized carbons (Fsp3) is 0.304. The van der Waals surface area contributed by atoms with Crippen molar-refractivity contribution in [3.05, 3.63) is 69.5 Å². The number of aryl methyl sites for hydroxylation is 1. The summed E-state index contributed by atoms with van der Waals surface area (Å²) in [5.41, 5.74) is 1.98. The highest BCUT2D eigenvalue weighted by atomic mass is 35.5. The third-order valence-corrected chi connectivity index (χ3v) is 6.76. The third kappa shape index (κ3) is 6.28. The van der Waals surface area contributed by atoms with Crippen molar-refractivity contribution in [1.29, 1.82) is 0 Å². The Morgan fingerprint density at radius 1 is 1.09 bits per heavy atom. The summed E-state index contributed by atoms with van der Waals surface area (Å²) in [6.45, 7) is 5.87. The topological polar surface area (TPSA) is 88.9 Å². The van der Waals surface area contributed by atoms with E-state index in [0.29, 0.717) is 32.3 Å². The first-order chi connectivity index (χ1) is 15.7. The van der Waals surface area contributed by atoms with Crippen molar-refractivity contribution in [1.82, 2.24) is 20.1 Å². The van der Waals surface area contributed by atoms with Crippen molar-refractivity contribution in [2.75, 3.05) is 11.1 Å². The van der Waals surface area contributed by atoms with Crippen molar-refractivity contribution < 1.29 is 9.59 Å². The lowest BCUT2D eigenvalue weighted by Gasteiger charge is -2.22. The molecular weight excluding hydrogens is 481 g/mol. The van der Waals surface area contributed by atoms with Crippen LogP contribution in [0.1, 0.15) is 41.6 Å². The number of carbonyl (C=O) groups is 2. The summed E-state index contributed by atoms with van der Waals surface area (Å²) >= 11 is 13.5. The monoisotopic (exact) mass is 505 g/mol. The fourth-order valence-electron chi connectivity index (χ4n) is 3.11. The standard InChI is InChI=1S/C23H25Cl2N5O2S/c1-13(2)20(27-22(32)16-7-5-6-8-17(16)24)21-28-29-23(30(21)4)33-12-19(31)26-15-10-9-14(3)18(25)11-15/h5-11,13,20H,12H2,1-4H3,(H,26,31)(H,27,32)/t20-/m1/s1. The van der Waals surface area contributed by atoms with E-state index in [-0.39, 0.29) is 29.5 Å². The largest absolute Gasteiger partial charge is 0.342 e. The number of carbonyl (C=O) groups excluding carboxylic acids is 2. The molecule has 174 valence electrons. The Kier molecular flexibility index (Phi) is 8.40. The number of nitrogens with one attached hydrogen (secondary N) is 2. The van der Waals surface area contributed by atoms with Crippen LogP contribution in [0, 0.1) is 12.8 Å². The van der Waals surface area contributed by atoms with E-state index < -0.39 is 0 Å². The van der Waals surface area contributed by atoms with Gasteiger partial charge in [0.15, 0.2) is 11.0 Å². The second kappa shape index (κ2) is 11.0. The zero-order chi connectivity index (χ0) is 24.1. The van der Waals surface area contributed by atoms with Crippen LogP contribution in [0.15, 0.2) is 47.6 Å². The minimum absolute atomic E-state index is 0.0479. The molecule has 2 N–H and O–H groups in total. The number of nitrogens with zero attached hydrogens (tertiary/aromatic N) is 3. The zero-order valence-electron chi connectivity index (χ0n) is 18.7. The summed E-state index contributed by atoms with van der Waals surface area (Å²) in [4.78, 5) is 25.2. The maximum Gasteiger partial charge on any atom is 0.253 e. The number of thioether (sulfide) groups is 1. The molecule has 0 aliphatic heterocycles. The van der Waals surface area contributed by atoms with Crippen LogP contribution in [0.3, 0.4) is 0 Å². The minimum atomic E-state index is -0.385. The van der Waals surface area contributed by atoms with Crippen LogP contribution >= 0.6 is 35.0 Å². The summed E-state index contributed by atoms with van der Waals surface area (Å²) in [5, 5.41) is 15.9. The van der Waals surface area contributed by atoms with Gasteiger partial charge in [-0.15, -0.1) is 10.2 Å². The van der Waals surface area contributed by atoms with Crippen molar-refractivity contribution in [2.24, 2.45) is 13.0 Å². The lowest BCUT2D eigenvalue weighted by Crippen LogP contribution is -2.33. The SMILES string of the molecule is Cc1ccc(NC(=O)CSc2nnc([C@H](NC(=O)c3ccccc3Cl)C(C)C)n2C)cc1Cl. The van der Waals surface area contributed by atoms with Gasteiger partial charge in [-0.05, 0) is 42.7 Å². The van der Waals surface area contributed by atoms with E-state index in [9.17, 15) is 9.59 Å². The molecule has 0 saturated heterocycles. The smallest absolute Gasteiger partial charge is 0.253 e. The van der Waals surface area contributed by atoms with E-state index in [1.54, 1.807) is 41.0 Å². The highest BCUT2D eigenvalue weighted by Gasteiger charge is 2.26. The van der Waals surface area contributed by atoms with Crippen LogP contribution in [0.25, 0.3) is 0 Å². The highest BCUT2D eigenvalue weighted by molar-refractivity contribution is 7.99.